The van der Waals surface area contributed by atoms with Crippen molar-refractivity contribution in [3.05, 3.63) is 58.7 Å². The monoisotopic (exact) mass is 339 g/mol. The van der Waals surface area contributed by atoms with Crippen LogP contribution in [-0.2, 0) is 0 Å². The van der Waals surface area contributed by atoms with Gasteiger partial charge in [0.05, 0.1) is 17.6 Å². The van der Waals surface area contributed by atoms with E-state index in [9.17, 15) is 4.79 Å². The summed E-state index contributed by atoms with van der Waals surface area (Å²) in [5, 5.41) is 1.54. The molecule has 0 aliphatic heterocycles. The second kappa shape index (κ2) is 6.62. The third-order valence-electron chi connectivity index (χ3n) is 4.15. The summed E-state index contributed by atoms with van der Waals surface area (Å²) in [4.78, 5) is 16.6. The van der Waals surface area contributed by atoms with Crippen molar-refractivity contribution in [3.63, 3.8) is 0 Å². The molecule has 0 saturated carbocycles. The molecular weight excluding hydrogens is 322 g/mol. The molecule has 122 valence electrons. The van der Waals surface area contributed by atoms with Crippen LogP contribution in [0.3, 0.4) is 0 Å². The molecule has 0 radical (unpaired) electrons. The fourth-order valence-corrected chi connectivity index (χ4v) is 3.15. The van der Waals surface area contributed by atoms with Crippen molar-refractivity contribution in [3.8, 4) is 16.9 Å². The summed E-state index contributed by atoms with van der Waals surface area (Å²) in [5.41, 5.74) is 4.43. The SMILES string of the molecule is CCC(=O)c1cc(C)c2nccc(-c3ccc(OC)cc3Cl)c2c1. The lowest BCUT2D eigenvalue weighted by molar-refractivity contribution is 0.0988. The zero-order valence-corrected chi connectivity index (χ0v) is 14.6. The number of nitrogens with zero attached hydrogens (tertiary/aromatic N) is 1. The van der Waals surface area contributed by atoms with Gasteiger partial charge in [0, 0.05) is 29.1 Å². The van der Waals surface area contributed by atoms with Crippen molar-refractivity contribution in [1.29, 1.82) is 0 Å². The highest BCUT2D eigenvalue weighted by Gasteiger charge is 2.13. The number of benzene rings is 2. The molecule has 0 fully saturated rings. The molecule has 2 aromatic carbocycles. The zero-order valence-electron chi connectivity index (χ0n) is 13.9. The van der Waals surface area contributed by atoms with Gasteiger partial charge in [-0.1, -0.05) is 18.5 Å². The molecule has 1 aromatic heterocycles. The Hall–Kier alpha value is -2.39. The van der Waals surface area contributed by atoms with Crippen LogP contribution in [0.25, 0.3) is 22.0 Å². The summed E-state index contributed by atoms with van der Waals surface area (Å²) < 4.78 is 5.22. The quantitative estimate of drug-likeness (QED) is 0.592. The minimum absolute atomic E-state index is 0.121. The van der Waals surface area contributed by atoms with Crippen LogP contribution in [0, 0.1) is 6.92 Å². The van der Waals surface area contributed by atoms with E-state index in [1.165, 1.54) is 0 Å². The van der Waals surface area contributed by atoms with Gasteiger partial charge in [0.15, 0.2) is 5.78 Å². The van der Waals surface area contributed by atoms with Gasteiger partial charge >= 0.3 is 0 Å². The second-order valence-electron chi connectivity index (χ2n) is 5.67. The van der Waals surface area contributed by atoms with E-state index in [0.717, 1.165) is 27.6 Å². The molecular formula is C20H18ClNO2. The number of ketones is 1. The van der Waals surface area contributed by atoms with Gasteiger partial charge in [-0.2, -0.15) is 0 Å². The minimum Gasteiger partial charge on any atom is -0.497 e. The second-order valence-corrected chi connectivity index (χ2v) is 6.08. The van der Waals surface area contributed by atoms with Crippen LogP contribution in [-0.4, -0.2) is 17.9 Å². The predicted molar refractivity (Wildman–Crippen MR) is 98.1 cm³/mol. The van der Waals surface area contributed by atoms with E-state index in [1.54, 1.807) is 19.4 Å². The van der Waals surface area contributed by atoms with Crippen molar-refractivity contribution in [2.24, 2.45) is 0 Å². The van der Waals surface area contributed by atoms with Gasteiger partial charge in [-0.3, -0.25) is 9.78 Å². The molecule has 0 saturated heterocycles. The van der Waals surface area contributed by atoms with Crippen molar-refractivity contribution < 1.29 is 9.53 Å². The Kier molecular flexibility index (Phi) is 4.54. The number of fused-ring (bicyclic) bond motifs is 1. The zero-order chi connectivity index (χ0) is 17.3. The highest BCUT2D eigenvalue weighted by Crippen LogP contribution is 2.36. The van der Waals surface area contributed by atoms with Crippen molar-refractivity contribution in [2.75, 3.05) is 7.11 Å². The van der Waals surface area contributed by atoms with E-state index < -0.39 is 0 Å². The van der Waals surface area contributed by atoms with E-state index >= 15 is 0 Å². The van der Waals surface area contributed by atoms with Gasteiger partial charge in [0.25, 0.3) is 0 Å². The number of ether oxygens (including phenoxy) is 1. The maximum atomic E-state index is 12.1. The lowest BCUT2D eigenvalue weighted by atomic mass is 9.96. The third-order valence-corrected chi connectivity index (χ3v) is 4.46. The summed E-state index contributed by atoms with van der Waals surface area (Å²) in [7, 11) is 1.61. The Balaban J connectivity index is 2.28. The van der Waals surface area contributed by atoms with Gasteiger partial charge < -0.3 is 4.74 Å². The molecule has 3 rings (SSSR count). The number of carbonyl (C=O) groups excluding carboxylic acids is 1. The van der Waals surface area contributed by atoms with Crippen LogP contribution in [0.15, 0.2) is 42.6 Å². The van der Waals surface area contributed by atoms with Crippen molar-refractivity contribution in [2.45, 2.75) is 20.3 Å². The molecule has 1 heterocycles. The Labute approximate surface area is 146 Å². The van der Waals surface area contributed by atoms with Crippen LogP contribution < -0.4 is 4.74 Å². The Bertz CT molecular complexity index is 934. The van der Waals surface area contributed by atoms with Crippen LogP contribution in [0.2, 0.25) is 5.02 Å². The molecule has 0 unspecified atom stereocenters. The summed E-state index contributed by atoms with van der Waals surface area (Å²) >= 11 is 6.45. The van der Waals surface area contributed by atoms with E-state index in [4.69, 9.17) is 16.3 Å². The molecule has 0 amide bonds. The number of hydrogen-bond acceptors (Lipinski definition) is 3. The number of rotatable bonds is 4. The van der Waals surface area contributed by atoms with Gasteiger partial charge in [-0.25, -0.2) is 0 Å². The summed E-state index contributed by atoms with van der Waals surface area (Å²) in [6.45, 7) is 3.84. The van der Waals surface area contributed by atoms with Crippen molar-refractivity contribution >= 4 is 28.3 Å². The normalized spacial score (nSPS) is 10.8. The standard InChI is InChI=1S/C20H18ClNO2/c1-4-19(23)13-9-12(2)20-17(10-13)15(7-8-22-20)16-6-5-14(24-3)11-18(16)21/h5-11H,4H2,1-3H3. The average Bonchev–Trinajstić information content (AvgIpc) is 2.60. The van der Waals surface area contributed by atoms with E-state index in [1.807, 2.05) is 44.2 Å². The number of aromatic nitrogens is 1. The first kappa shape index (κ1) is 16.5. The van der Waals surface area contributed by atoms with E-state index in [-0.39, 0.29) is 5.78 Å². The molecule has 0 aliphatic rings. The molecule has 0 aliphatic carbocycles. The number of pyridine rings is 1. The third kappa shape index (κ3) is 2.87. The highest BCUT2D eigenvalue weighted by molar-refractivity contribution is 6.34. The molecule has 0 atom stereocenters. The molecule has 0 spiro atoms. The number of halogens is 1. The van der Waals surface area contributed by atoms with Crippen molar-refractivity contribution in [1.82, 2.24) is 4.98 Å². The van der Waals surface area contributed by atoms with Crippen LogP contribution >= 0.6 is 11.6 Å². The Morgan fingerprint density at radius 2 is 1.96 bits per heavy atom. The van der Waals surface area contributed by atoms with Crippen LogP contribution in [0.5, 0.6) is 5.75 Å². The summed E-state index contributed by atoms with van der Waals surface area (Å²) in [6.07, 6.45) is 2.25. The van der Waals surface area contributed by atoms with E-state index in [2.05, 4.69) is 4.98 Å². The molecule has 4 heteroatoms. The maximum Gasteiger partial charge on any atom is 0.162 e. The number of methoxy groups -OCH3 is 1. The van der Waals surface area contributed by atoms with E-state index in [0.29, 0.717) is 22.8 Å². The highest BCUT2D eigenvalue weighted by atomic mass is 35.5. The Morgan fingerprint density at radius 3 is 2.62 bits per heavy atom. The molecule has 0 N–H and O–H groups in total. The first-order chi connectivity index (χ1) is 11.5. The lowest BCUT2D eigenvalue weighted by Crippen LogP contribution is -1.99. The summed E-state index contributed by atoms with van der Waals surface area (Å²) in [6, 6.07) is 11.3. The molecule has 3 nitrogen and oxygen atoms in total. The fraction of sp³-hybridized carbons (Fsp3) is 0.200. The molecule has 3 aromatic rings. The largest absolute Gasteiger partial charge is 0.497 e. The number of hydrogen-bond donors (Lipinski definition) is 0. The fourth-order valence-electron chi connectivity index (χ4n) is 2.87. The van der Waals surface area contributed by atoms with Gasteiger partial charge in [0.2, 0.25) is 0 Å². The number of aryl methyl sites for hydroxylation is 1. The average molecular weight is 340 g/mol. The number of carbonyl (C=O) groups is 1. The van der Waals surface area contributed by atoms with Crippen LogP contribution in [0.4, 0.5) is 0 Å². The summed E-state index contributed by atoms with van der Waals surface area (Å²) in [5.74, 6) is 0.829. The topological polar surface area (TPSA) is 39.2 Å². The van der Waals surface area contributed by atoms with Gasteiger partial charge in [-0.05, 0) is 54.4 Å². The smallest absolute Gasteiger partial charge is 0.162 e. The minimum atomic E-state index is 0.121. The first-order valence-electron chi connectivity index (χ1n) is 7.81. The molecule has 24 heavy (non-hydrogen) atoms. The van der Waals surface area contributed by atoms with Crippen LogP contribution in [0.1, 0.15) is 29.3 Å². The Morgan fingerprint density at radius 1 is 1.17 bits per heavy atom. The van der Waals surface area contributed by atoms with Gasteiger partial charge in [-0.15, -0.1) is 0 Å². The maximum absolute atomic E-state index is 12.1. The predicted octanol–water partition coefficient (Wildman–Crippen LogP) is 5.46. The first-order valence-corrected chi connectivity index (χ1v) is 8.19. The number of Topliss-reactive ketones (excluding diaryl/α,β-unsaturated/α-hetero) is 1. The van der Waals surface area contributed by atoms with Gasteiger partial charge in [0.1, 0.15) is 5.75 Å². The lowest BCUT2D eigenvalue weighted by Gasteiger charge is -2.12. The molecule has 0 bridgehead atoms.